The van der Waals surface area contributed by atoms with Gasteiger partial charge in [0, 0.05) is 0 Å². The number of carbonyl (C=O) groups is 3. The van der Waals surface area contributed by atoms with Crippen molar-refractivity contribution in [2.45, 2.75) is 19.4 Å². The Hall–Kier alpha value is -2.43. The summed E-state index contributed by atoms with van der Waals surface area (Å²) in [7, 11) is 1.24. The molecule has 0 saturated carbocycles. The SMILES string of the molecule is C=CC[C@@H](C)[C@H](C(=O)OC)N1C(=O)c2ccccc2C1=O. The summed E-state index contributed by atoms with van der Waals surface area (Å²) in [5.74, 6) is -1.78. The molecule has 1 aliphatic rings. The van der Waals surface area contributed by atoms with E-state index in [1.54, 1.807) is 37.3 Å². The number of fused-ring (bicyclic) bond motifs is 1. The Morgan fingerprint density at radius 1 is 1.29 bits per heavy atom. The molecule has 21 heavy (non-hydrogen) atoms. The average Bonchev–Trinajstić information content (AvgIpc) is 2.73. The zero-order chi connectivity index (χ0) is 15.6. The highest BCUT2D eigenvalue weighted by molar-refractivity contribution is 6.22. The summed E-state index contributed by atoms with van der Waals surface area (Å²) in [6, 6.07) is 5.60. The average molecular weight is 287 g/mol. The summed E-state index contributed by atoms with van der Waals surface area (Å²) in [6.07, 6.45) is 2.14. The van der Waals surface area contributed by atoms with Gasteiger partial charge in [-0.25, -0.2) is 4.79 Å². The Balaban J connectivity index is 2.43. The highest BCUT2D eigenvalue weighted by Crippen LogP contribution is 2.28. The van der Waals surface area contributed by atoms with E-state index in [2.05, 4.69) is 6.58 Å². The van der Waals surface area contributed by atoms with E-state index in [0.717, 1.165) is 4.90 Å². The fraction of sp³-hybridized carbons (Fsp3) is 0.312. The van der Waals surface area contributed by atoms with Gasteiger partial charge in [0.1, 0.15) is 6.04 Å². The lowest BCUT2D eigenvalue weighted by Crippen LogP contribution is -2.49. The van der Waals surface area contributed by atoms with Crippen molar-refractivity contribution in [3.63, 3.8) is 0 Å². The fourth-order valence-electron chi connectivity index (χ4n) is 2.57. The summed E-state index contributed by atoms with van der Waals surface area (Å²) in [6.45, 7) is 5.42. The number of rotatable bonds is 5. The molecule has 1 aromatic rings. The molecule has 0 spiro atoms. The standard InChI is InChI=1S/C16H17NO4/c1-4-7-10(2)13(16(20)21-3)17-14(18)11-8-5-6-9-12(11)15(17)19/h4-6,8-10,13H,1,7H2,2-3H3/t10-,13-/m1/s1. The van der Waals surface area contributed by atoms with Gasteiger partial charge in [-0.3, -0.25) is 14.5 Å². The maximum absolute atomic E-state index is 12.4. The smallest absolute Gasteiger partial charge is 0.329 e. The van der Waals surface area contributed by atoms with E-state index >= 15 is 0 Å². The first-order valence-corrected chi connectivity index (χ1v) is 6.68. The van der Waals surface area contributed by atoms with E-state index in [4.69, 9.17) is 4.74 Å². The summed E-state index contributed by atoms with van der Waals surface area (Å²) in [5, 5.41) is 0. The third-order valence-electron chi connectivity index (χ3n) is 3.62. The van der Waals surface area contributed by atoms with Crippen LogP contribution in [0.15, 0.2) is 36.9 Å². The van der Waals surface area contributed by atoms with E-state index in [0.29, 0.717) is 17.5 Å². The lowest BCUT2D eigenvalue weighted by Gasteiger charge is -2.28. The number of methoxy groups -OCH3 is 1. The van der Waals surface area contributed by atoms with Gasteiger partial charge in [-0.2, -0.15) is 0 Å². The molecule has 1 aliphatic heterocycles. The molecule has 5 heteroatoms. The zero-order valence-electron chi connectivity index (χ0n) is 12.0. The van der Waals surface area contributed by atoms with Crippen molar-refractivity contribution in [1.82, 2.24) is 4.90 Å². The minimum atomic E-state index is -0.944. The van der Waals surface area contributed by atoms with Crippen molar-refractivity contribution in [3.05, 3.63) is 48.0 Å². The Morgan fingerprint density at radius 2 is 1.81 bits per heavy atom. The van der Waals surface area contributed by atoms with Crippen molar-refractivity contribution >= 4 is 17.8 Å². The molecule has 0 saturated heterocycles. The zero-order valence-corrected chi connectivity index (χ0v) is 12.0. The van der Waals surface area contributed by atoms with Gasteiger partial charge in [0.25, 0.3) is 11.8 Å². The van der Waals surface area contributed by atoms with Crippen LogP contribution in [0.4, 0.5) is 0 Å². The van der Waals surface area contributed by atoms with Crippen molar-refractivity contribution in [2.75, 3.05) is 7.11 Å². The monoisotopic (exact) mass is 287 g/mol. The number of esters is 1. The third-order valence-corrected chi connectivity index (χ3v) is 3.62. The maximum atomic E-state index is 12.4. The van der Waals surface area contributed by atoms with Gasteiger partial charge < -0.3 is 4.74 Å². The number of hydrogen-bond donors (Lipinski definition) is 0. The quantitative estimate of drug-likeness (QED) is 0.472. The highest BCUT2D eigenvalue weighted by Gasteiger charge is 2.45. The number of ether oxygens (including phenoxy) is 1. The molecule has 2 rings (SSSR count). The number of nitrogens with zero attached hydrogens (tertiary/aromatic N) is 1. The van der Waals surface area contributed by atoms with Crippen LogP contribution in [0.5, 0.6) is 0 Å². The predicted octanol–water partition coefficient (Wildman–Crippen LogP) is 2.04. The van der Waals surface area contributed by atoms with Crippen LogP contribution in [-0.4, -0.2) is 35.8 Å². The molecule has 0 aromatic heterocycles. The second-order valence-electron chi connectivity index (χ2n) is 5.00. The fourth-order valence-corrected chi connectivity index (χ4v) is 2.57. The number of allylic oxidation sites excluding steroid dienone is 1. The third kappa shape index (κ3) is 2.46. The largest absolute Gasteiger partial charge is 0.467 e. The molecular formula is C16H17NO4. The van der Waals surface area contributed by atoms with Gasteiger partial charge in [0.15, 0.2) is 0 Å². The molecule has 2 atom stereocenters. The normalized spacial score (nSPS) is 16.4. The number of imide groups is 1. The predicted molar refractivity (Wildman–Crippen MR) is 76.7 cm³/mol. The molecule has 0 radical (unpaired) electrons. The Labute approximate surface area is 123 Å². The number of amides is 2. The van der Waals surface area contributed by atoms with Crippen molar-refractivity contribution < 1.29 is 19.1 Å². The van der Waals surface area contributed by atoms with Crippen molar-refractivity contribution in [3.8, 4) is 0 Å². The summed E-state index contributed by atoms with van der Waals surface area (Å²) < 4.78 is 4.77. The van der Waals surface area contributed by atoms with Crippen LogP contribution >= 0.6 is 0 Å². The highest BCUT2D eigenvalue weighted by atomic mass is 16.5. The topological polar surface area (TPSA) is 63.7 Å². The molecule has 110 valence electrons. The first kappa shape index (κ1) is 15.0. The lowest BCUT2D eigenvalue weighted by molar-refractivity contribution is -0.146. The van der Waals surface area contributed by atoms with Gasteiger partial charge in [-0.15, -0.1) is 6.58 Å². The molecule has 0 bridgehead atoms. The molecule has 1 aromatic carbocycles. The van der Waals surface area contributed by atoms with Crippen molar-refractivity contribution in [1.29, 1.82) is 0 Å². The molecule has 1 heterocycles. The molecule has 0 aliphatic carbocycles. The van der Waals surface area contributed by atoms with Crippen LogP contribution in [-0.2, 0) is 9.53 Å². The maximum Gasteiger partial charge on any atom is 0.329 e. The van der Waals surface area contributed by atoms with E-state index in [1.165, 1.54) is 7.11 Å². The molecule has 5 nitrogen and oxygen atoms in total. The van der Waals surface area contributed by atoms with E-state index < -0.39 is 23.8 Å². The number of hydrogen-bond acceptors (Lipinski definition) is 4. The molecular weight excluding hydrogens is 270 g/mol. The first-order valence-electron chi connectivity index (χ1n) is 6.68. The molecule has 0 fully saturated rings. The van der Waals surface area contributed by atoms with E-state index in [9.17, 15) is 14.4 Å². The Kier molecular flexibility index (Phi) is 4.21. The summed E-state index contributed by atoms with van der Waals surface area (Å²) >= 11 is 0. The van der Waals surface area contributed by atoms with Crippen LogP contribution in [0.25, 0.3) is 0 Å². The Bertz CT molecular complexity index is 573. The van der Waals surface area contributed by atoms with E-state index in [1.807, 2.05) is 0 Å². The molecule has 0 unspecified atom stereocenters. The van der Waals surface area contributed by atoms with E-state index in [-0.39, 0.29) is 5.92 Å². The first-order chi connectivity index (χ1) is 10.0. The van der Waals surface area contributed by atoms with Crippen LogP contribution in [0.2, 0.25) is 0 Å². The van der Waals surface area contributed by atoms with Gasteiger partial charge in [0.05, 0.1) is 18.2 Å². The van der Waals surface area contributed by atoms with Crippen LogP contribution < -0.4 is 0 Å². The molecule has 2 amide bonds. The van der Waals surface area contributed by atoms with Crippen LogP contribution in [0.1, 0.15) is 34.1 Å². The second-order valence-corrected chi connectivity index (χ2v) is 5.00. The van der Waals surface area contributed by atoms with Gasteiger partial charge in [-0.1, -0.05) is 25.1 Å². The molecule has 0 N–H and O–H groups in total. The summed E-state index contributed by atoms with van der Waals surface area (Å²) in [5.41, 5.74) is 0.643. The minimum absolute atomic E-state index is 0.267. The lowest BCUT2D eigenvalue weighted by atomic mass is 9.96. The number of carbonyl (C=O) groups excluding carboxylic acids is 3. The number of benzene rings is 1. The van der Waals surface area contributed by atoms with Crippen molar-refractivity contribution in [2.24, 2.45) is 5.92 Å². The second kappa shape index (κ2) is 5.91. The van der Waals surface area contributed by atoms with Crippen LogP contribution in [0.3, 0.4) is 0 Å². The minimum Gasteiger partial charge on any atom is -0.467 e. The van der Waals surface area contributed by atoms with Gasteiger partial charge in [0.2, 0.25) is 0 Å². The summed E-state index contributed by atoms with van der Waals surface area (Å²) in [4.78, 5) is 38.0. The van der Waals surface area contributed by atoms with Crippen LogP contribution in [0, 0.1) is 5.92 Å². The van der Waals surface area contributed by atoms with Gasteiger partial charge in [-0.05, 0) is 24.5 Å². The van der Waals surface area contributed by atoms with Gasteiger partial charge >= 0.3 is 5.97 Å². The Morgan fingerprint density at radius 3 is 2.24 bits per heavy atom.